The van der Waals surface area contributed by atoms with E-state index in [0.29, 0.717) is 17.7 Å². The molecular weight excluding hydrogens is 330 g/mol. The van der Waals surface area contributed by atoms with Crippen molar-refractivity contribution in [3.05, 3.63) is 35.4 Å². The van der Waals surface area contributed by atoms with Gasteiger partial charge in [0.2, 0.25) is 0 Å². The molecule has 4 aliphatic rings. The van der Waals surface area contributed by atoms with Gasteiger partial charge in [-0.05, 0) is 51.4 Å². The molecule has 1 aromatic rings. The van der Waals surface area contributed by atoms with Gasteiger partial charge < -0.3 is 24.6 Å². The maximum Gasteiger partial charge on any atom is 0.165 e. The Balaban J connectivity index is 1.93. The van der Waals surface area contributed by atoms with Crippen molar-refractivity contribution in [3.8, 4) is 11.5 Å². The Morgan fingerprint density at radius 1 is 1.54 bits per heavy atom. The van der Waals surface area contributed by atoms with Gasteiger partial charge in [-0.1, -0.05) is 18.2 Å². The fourth-order valence-corrected chi connectivity index (χ4v) is 4.92. The summed E-state index contributed by atoms with van der Waals surface area (Å²) in [5, 5.41) is 22.4. The third-order valence-electron chi connectivity index (χ3n) is 6.21. The first-order valence-electron chi connectivity index (χ1n) is 11.5. The van der Waals surface area contributed by atoms with Gasteiger partial charge in [0.1, 0.15) is 17.5 Å². The number of hydrogen-bond donors (Lipinski definition) is 2. The summed E-state index contributed by atoms with van der Waals surface area (Å²) in [7, 11) is 1.69. The van der Waals surface area contributed by atoms with E-state index in [4.69, 9.17) is 7.48 Å². The van der Waals surface area contributed by atoms with Crippen molar-refractivity contribution in [1.82, 2.24) is 4.90 Å². The maximum atomic E-state index is 11.8. The maximum absolute atomic E-state index is 11.8. The smallest absolute Gasteiger partial charge is 0.165 e. The summed E-state index contributed by atoms with van der Waals surface area (Å²) in [6, 6.07) is 0.168. The minimum atomic E-state index is -2.36. The number of piperidine rings is 1. The number of ether oxygens (including phenoxy) is 1. The van der Waals surface area contributed by atoms with Crippen molar-refractivity contribution < 1.29 is 26.6 Å². The molecule has 2 aliphatic carbocycles. The summed E-state index contributed by atoms with van der Waals surface area (Å²) in [4.78, 5) is 13.4. The normalized spacial score (nSPS) is 51.4. The SMILES string of the molecule is [2H]C1=C([2H])[C@@](O)(CCC(C)=O)[C@]2([2H])Oc3c(O)ccc4c3[C@@]23CCN(C)[C@]([2H])(C4)[C@]13[2H]. The van der Waals surface area contributed by atoms with E-state index in [1.54, 1.807) is 18.0 Å². The lowest BCUT2D eigenvalue weighted by Gasteiger charge is -2.58. The first-order valence-corrected chi connectivity index (χ1v) is 8.98. The number of likely N-dealkylation sites (tertiary alicyclic amines) is 1. The Morgan fingerprint density at radius 3 is 3.12 bits per heavy atom. The third-order valence-corrected chi connectivity index (χ3v) is 6.21. The van der Waals surface area contributed by atoms with Crippen molar-refractivity contribution in [2.75, 3.05) is 13.6 Å². The lowest BCUT2D eigenvalue weighted by molar-refractivity contribution is -0.122. The molecule has 2 aliphatic heterocycles. The van der Waals surface area contributed by atoms with Crippen LogP contribution in [0.2, 0.25) is 0 Å². The van der Waals surface area contributed by atoms with Gasteiger partial charge in [-0.15, -0.1) is 0 Å². The van der Waals surface area contributed by atoms with Crippen LogP contribution in [0.5, 0.6) is 11.5 Å². The summed E-state index contributed by atoms with van der Waals surface area (Å²) >= 11 is 0. The van der Waals surface area contributed by atoms with Crippen LogP contribution in [0.1, 0.15) is 44.2 Å². The molecule has 1 fully saturated rings. The average Bonchev–Trinajstić information content (AvgIpc) is 3.00. The number of phenolic OH excluding ortho intramolecular Hbond substituents is 1. The molecule has 2 N–H and O–H groups in total. The minimum Gasteiger partial charge on any atom is -0.504 e. The molecule has 2 heterocycles. The summed E-state index contributed by atoms with van der Waals surface area (Å²) in [5.41, 5.74) is -3.02. The van der Waals surface area contributed by atoms with E-state index in [9.17, 15) is 19.1 Å². The molecule has 0 aromatic heterocycles. The van der Waals surface area contributed by atoms with Crippen molar-refractivity contribution >= 4 is 5.78 Å². The molecule has 26 heavy (non-hydrogen) atoms. The van der Waals surface area contributed by atoms with Crippen LogP contribution in [-0.4, -0.2) is 52.2 Å². The quantitative estimate of drug-likeness (QED) is 0.806. The molecule has 0 saturated carbocycles. The second kappa shape index (κ2) is 5.11. The van der Waals surface area contributed by atoms with E-state index in [1.165, 1.54) is 13.0 Å². The molecule has 0 radical (unpaired) electrons. The predicted octanol–water partition coefficient (Wildman–Crippen LogP) is 1.94. The van der Waals surface area contributed by atoms with Crippen LogP contribution in [0.15, 0.2) is 24.2 Å². The van der Waals surface area contributed by atoms with Crippen molar-refractivity contribution in [1.29, 1.82) is 0 Å². The molecule has 1 saturated heterocycles. The van der Waals surface area contributed by atoms with Crippen molar-refractivity contribution in [2.24, 2.45) is 5.89 Å². The minimum absolute atomic E-state index is 0.0283. The summed E-state index contributed by atoms with van der Waals surface area (Å²) in [6.07, 6.45) is -2.65. The summed E-state index contributed by atoms with van der Waals surface area (Å²) < 4.78 is 51.9. The van der Waals surface area contributed by atoms with Gasteiger partial charge in [-0.25, -0.2) is 0 Å². The van der Waals surface area contributed by atoms with E-state index in [-0.39, 0.29) is 43.0 Å². The number of aliphatic hydroxyl groups is 1. The van der Waals surface area contributed by atoms with E-state index < -0.39 is 41.1 Å². The lowest BCUT2D eigenvalue weighted by atomic mass is 9.51. The molecule has 1 aromatic carbocycles. The van der Waals surface area contributed by atoms with E-state index in [0.717, 1.165) is 0 Å². The van der Waals surface area contributed by atoms with E-state index in [2.05, 4.69) is 0 Å². The van der Waals surface area contributed by atoms with Crippen LogP contribution in [0.4, 0.5) is 0 Å². The number of Topliss-reactive ketones (excluding diaryl/α,β-unsaturated/α-hetero) is 1. The molecule has 1 spiro atoms. The topological polar surface area (TPSA) is 70.0 Å². The number of hydrogen-bond acceptors (Lipinski definition) is 5. The first-order chi connectivity index (χ1) is 14.3. The Labute approximate surface area is 160 Å². The zero-order valence-electron chi connectivity index (χ0n) is 19.8. The number of likely N-dealkylation sites (N-methyl/N-ethyl adjacent to an activating group) is 1. The highest BCUT2D eigenvalue weighted by atomic mass is 16.5. The van der Waals surface area contributed by atoms with Gasteiger partial charge in [0.05, 0.1) is 4.11 Å². The van der Waals surface area contributed by atoms with Crippen LogP contribution in [0.25, 0.3) is 0 Å². The van der Waals surface area contributed by atoms with Gasteiger partial charge in [-0.3, -0.25) is 0 Å². The van der Waals surface area contributed by atoms with Crippen LogP contribution in [0, 0.1) is 5.89 Å². The number of carbonyl (C=O) groups excluding carboxylic acids is 1. The number of rotatable bonds is 3. The summed E-state index contributed by atoms with van der Waals surface area (Å²) in [5.74, 6) is -2.63. The van der Waals surface area contributed by atoms with Crippen LogP contribution in [-0.2, 0) is 16.6 Å². The molecule has 0 amide bonds. The number of benzene rings is 1. The monoisotopic (exact) mass is 360 g/mol. The van der Waals surface area contributed by atoms with Crippen LogP contribution >= 0.6 is 0 Å². The third kappa shape index (κ3) is 1.85. The van der Waals surface area contributed by atoms with Crippen LogP contribution in [0.3, 0.4) is 0 Å². The predicted molar refractivity (Wildman–Crippen MR) is 96.4 cm³/mol. The van der Waals surface area contributed by atoms with E-state index in [1.807, 2.05) is 0 Å². The molecule has 5 atom stereocenters. The Kier molecular flexibility index (Phi) is 2.31. The fourth-order valence-electron chi connectivity index (χ4n) is 4.92. The number of phenols is 1. The number of aromatic hydroxyl groups is 1. The largest absolute Gasteiger partial charge is 0.504 e. The van der Waals surface area contributed by atoms with Gasteiger partial charge in [0.25, 0.3) is 0 Å². The molecule has 2 bridgehead atoms. The Bertz CT molecular complexity index is 1080. The molecule has 5 nitrogen and oxygen atoms in total. The van der Waals surface area contributed by atoms with Crippen molar-refractivity contribution in [2.45, 2.75) is 55.7 Å². The van der Waals surface area contributed by atoms with E-state index >= 15 is 0 Å². The Morgan fingerprint density at radius 2 is 2.35 bits per heavy atom. The molecular formula is C21H25NO4. The van der Waals surface area contributed by atoms with Crippen molar-refractivity contribution in [3.63, 3.8) is 0 Å². The first kappa shape index (κ1) is 11.8. The van der Waals surface area contributed by atoms with Gasteiger partial charge >= 0.3 is 0 Å². The highest BCUT2D eigenvalue weighted by Gasteiger charge is 2.67. The molecule has 5 heteroatoms. The molecule has 5 rings (SSSR count). The zero-order chi connectivity index (χ0) is 22.8. The standard InChI is InChI=1S/C21H25NO4/c1-12(23)5-7-20(25)8-6-14-15-11-13-3-4-16(24)18-17(13)21(14,19(20)26-18)9-10-22(15)2/h3-4,6,8,14-15,19,24-25H,5,7,9-11H2,1-2H3/t14-,15+,19-,20-,21-/m0/s1/i6D,8D,14D,15D,19D. The lowest BCUT2D eigenvalue weighted by Crippen LogP contribution is -2.67. The number of carbonyl (C=O) groups is 1. The highest BCUT2D eigenvalue weighted by Crippen LogP contribution is 2.64. The number of ketones is 1. The Hall–Kier alpha value is -1.85. The summed E-state index contributed by atoms with van der Waals surface area (Å²) in [6.45, 7) is 1.65. The second-order valence-corrected chi connectivity index (χ2v) is 7.77. The van der Waals surface area contributed by atoms with Gasteiger partial charge in [0.15, 0.2) is 11.5 Å². The number of nitrogens with zero attached hydrogens (tertiary/aromatic N) is 1. The molecule has 0 unspecified atom stereocenters. The average molecular weight is 360 g/mol. The zero-order valence-corrected chi connectivity index (χ0v) is 14.8. The fraction of sp³-hybridized carbons (Fsp3) is 0.571. The highest BCUT2D eigenvalue weighted by molar-refractivity contribution is 5.75. The van der Waals surface area contributed by atoms with Gasteiger partial charge in [-0.2, -0.15) is 0 Å². The van der Waals surface area contributed by atoms with Gasteiger partial charge in [0, 0.05) is 32.1 Å². The second-order valence-electron chi connectivity index (χ2n) is 7.77. The van der Waals surface area contributed by atoms with Crippen LogP contribution < -0.4 is 4.74 Å². The molecule has 138 valence electrons.